The zero-order chi connectivity index (χ0) is 8.97. The molecule has 2 N–H and O–H groups in total. The SMILES string of the molecule is N#CC=Cc1cc(Cl)cnc1N. The first-order valence-electron chi connectivity index (χ1n) is 3.21. The lowest BCUT2D eigenvalue weighted by Crippen LogP contribution is -1.92. The van der Waals surface area contributed by atoms with Gasteiger partial charge in [-0.25, -0.2) is 4.98 Å². The van der Waals surface area contributed by atoms with Gasteiger partial charge in [0.15, 0.2) is 0 Å². The molecule has 0 atom stereocenters. The molecule has 0 bridgehead atoms. The first-order valence-corrected chi connectivity index (χ1v) is 3.59. The molecule has 60 valence electrons. The lowest BCUT2D eigenvalue weighted by molar-refractivity contribution is 1.33. The number of nitrogens with two attached hydrogens (primary N) is 1. The molecule has 12 heavy (non-hydrogen) atoms. The van der Waals surface area contributed by atoms with Gasteiger partial charge < -0.3 is 5.73 Å². The third kappa shape index (κ3) is 1.97. The second-order valence-corrected chi connectivity index (χ2v) is 2.53. The van der Waals surface area contributed by atoms with Gasteiger partial charge in [-0.05, 0) is 12.1 Å². The average Bonchev–Trinajstić information content (AvgIpc) is 2.07. The molecule has 4 heteroatoms. The van der Waals surface area contributed by atoms with Gasteiger partial charge in [0.1, 0.15) is 5.82 Å². The van der Waals surface area contributed by atoms with Crippen LogP contribution in [0.15, 0.2) is 18.3 Å². The van der Waals surface area contributed by atoms with E-state index in [0.717, 1.165) is 0 Å². The summed E-state index contributed by atoms with van der Waals surface area (Å²) in [6.45, 7) is 0. The summed E-state index contributed by atoms with van der Waals surface area (Å²) < 4.78 is 0. The first-order chi connectivity index (χ1) is 5.74. The van der Waals surface area contributed by atoms with Crippen LogP contribution in [-0.4, -0.2) is 4.98 Å². The number of halogens is 1. The van der Waals surface area contributed by atoms with E-state index in [1.165, 1.54) is 12.3 Å². The molecule has 0 saturated heterocycles. The van der Waals surface area contributed by atoms with Crippen molar-refractivity contribution in [2.24, 2.45) is 0 Å². The smallest absolute Gasteiger partial charge is 0.130 e. The van der Waals surface area contributed by atoms with E-state index >= 15 is 0 Å². The topological polar surface area (TPSA) is 62.7 Å². The molecule has 0 spiro atoms. The van der Waals surface area contributed by atoms with Crippen LogP contribution in [0.25, 0.3) is 6.08 Å². The van der Waals surface area contributed by atoms with E-state index in [9.17, 15) is 0 Å². The van der Waals surface area contributed by atoms with Crippen molar-refractivity contribution < 1.29 is 0 Å². The minimum Gasteiger partial charge on any atom is -0.383 e. The highest BCUT2D eigenvalue weighted by Crippen LogP contribution is 2.15. The largest absolute Gasteiger partial charge is 0.383 e. The summed E-state index contributed by atoms with van der Waals surface area (Å²) in [7, 11) is 0. The fourth-order valence-corrected chi connectivity index (χ4v) is 0.892. The third-order valence-electron chi connectivity index (χ3n) is 1.25. The Kier molecular flexibility index (Phi) is 2.67. The van der Waals surface area contributed by atoms with Crippen LogP contribution in [0, 0.1) is 11.3 Å². The quantitative estimate of drug-likeness (QED) is 0.670. The van der Waals surface area contributed by atoms with Crippen molar-refractivity contribution in [3.05, 3.63) is 28.9 Å². The Balaban J connectivity index is 3.07. The molecule has 1 heterocycles. The third-order valence-corrected chi connectivity index (χ3v) is 1.46. The second-order valence-electron chi connectivity index (χ2n) is 2.09. The van der Waals surface area contributed by atoms with E-state index in [1.807, 2.05) is 6.07 Å². The number of rotatable bonds is 1. The number of nitrogens with zero attached hydrogens (tertiary/aromatic N) is 2. The summed E-state index contributed by atoms with van der Waals surface area (Å²) >= 11 is 5.66. The second kappa shape index (κ2) is 3.74. The summed E-state index contributed by atoms with van der Waals surface area (Å²) in [5, 5.41) is 8.76. The molecule has 0 saturated carbocycles. The van der Waals surface area contributed by atoms with Crippen molar-refractivity contribution in [3.8, 4) is 6.07 Å². The average molecular weight is 180 g/mol. The van der Waals surface area contributed by atoms with Crippen LogP contribution >= 0.6 is 11.6 Å². The number of pyridine rings is 1. The number of allylic oxidation sites excluding steroid dienone is 1. The van der Waals surface area contributed by atoms with Gasteiger partial charge in [-0.3, -0.25) is 0 Å². The standard InChI is InChI=1S/C8H6ClN3/c9-7-4-6(2-1-3-10)8(11)12-5-7/h1-2,4-5H,(H2,11,12). The van der Waals surface area contributed by atoms with E-state index < -0.39 is 0 Å². The maximum Gasteiger partial charge on any atom is 0.130 e. The van der Waals surface area contributed by atoms with Crippen LogP contribution in [-0.2, 0) is 0 Å². The predicted molar refractivity (Wildman–Crippen MR) is 48.3 cm³/mol. The molecule has 3 nitrogen and oxygen atoms in total. The molecule has 0 fully saturated rings. The van der Waals surface area contributed by atoms with Crippen molar-refractivity contribution in [1.29, 1.82) is 5.26 Å². The molecular formula is C8H6ClN3. The van der Waals surface area contributed by atoms with Gasteiger partial charge in [-0.1, -0.05) is 11.6 Å². The van der Waals surface area contributed by atoms with Crippen LogP contribution in [0.4, 0.5) is 5.82 Å². The molecule has 0 aliphatic rings. The number of nitriles is 1. The van der Waals surface area contributed by atoms with E-state index in [2.05, 4.69) is 4.98 Å². The summed E-state index contributed by atoms with van der Waals surface area (Å²) in [6, 6.07) is 3.51. The molecule has 0 radical (unpaired) electrons. The Morgan fingerprint density at radius 2 is 2.42 bits per heavy atom. The highest BCUT2D eigenvalue weighted by molar-refractivity contribution is 6.30. The summed E-state index contributed by atoms with van der Waals surface area (Å²) in [4.78, 5) is 3.82. The van der Waals surface area contributed by atoms with Crippen molar-refractivity contribution in [2.75, 3.05) is 5.73 Å². The van der Waals surface area contributed by atoms with Crippen molar-refractivity contribution in [1.82, 2.24) is 4.98 Å². The number of hydrogen-bond acceptors (Lipinski definition) is 3. The fraction of sp³-hybridized carbons (Fsp3) is 0. The number of hydrogen-bond donors (Lipinski definition) is 1. The van der Waals surface area contributed by atoms with Crippen LogP contribution in [0.2, 0.25) is 5.02 Å². The van der Waals surface area contributed by atoms with Crippen molar-refractivity contribution >= 4 is 23.5 Å². The molecule has 0 aliphatic heterocycles. The molecular weight excluding hydrogens is 174 g/mol. The number of nitrogen functional groups attached to an aromatic ring is 1. The van der Waals surface area contributed by atoms with Gasteiger partial charge in [0.25, 0.3) is 0 Å². The van der Waals surface area contributed by atoms with E-state index in [4.69, 9.17) is 22.6 Å². The van der Waals surface area contributed by atoms with E-state index in [1.54, 1.807) is 12.1 Å². The molecule has 0 aliphatic carbocycles. The Bertz CT molecular complexity index is 352. The van der Waals surface area contributed by atoms with Crippen LogP contribution in [0.5, 0.6) is 0 Å². The summed E-state index contributed by atoms with van der Waals surface area (Å²) in [6.07, 6.45) is 4.35. The lowest BCUT2D eigenvalue weighted by atomic mass is 10.2. The molecule has 0 aromatic carbocycles. The molecule has 1 aromatic heterocycles. The fourth-order valence-electron chi connectivity index (χ4n) is 0.726. The highest BCUT2D eigenvalue weighted by atomic mass is 35.5. The molecule has 0 unspecified atom stereocenters. The van der Waals surface area contributed by atoms with Gasteiger partial charge in [-0.2, -0.15) is 5.26 Å². The van der Waals surface area contributed by atoms with Gasteiger partial charge >= 0.3 is 0 Å². The van der Waals surface area contributed by atoms with E-state index in [0.29, 0.717) is 16.4 Å². The number of aromatic nitrogens is 1. The van der Waals surface area contributed by atoms with Gasteiger partial charge in [-0.15, -0.1) is 0 Å². The minimum atomic E-state index is 0.367. The van der Waals surface area contributed by atoms with E-state index in [-0.39, 0.29) is 0 Å². The maximum atomic E-state index is 8.26. The minimum absolute atomic E-state index is 0.367. The molecule has 0 amide bonds. The summed E-state index contributed by atoms with van der Waals surface area (Å²) in [5.41, 5.74) is 6.16. The van der Waals surface area contributed by atoms with Gasteiger partial charge in [0.2, 0.25) is 0 Å². The summed E-state index contributed by atoms with van der Waals surface area (Å²) in [5.74, 6) is 0.367. The molecule has 1 rings (SSSR count). The van der Waals surface area contributed by atoms with Crippen LogP contribution in [0.1, 0.15) is 5.56 Å². The van der Waals surface area contributed by atoms with Crippen molar-refractivity contribution in [3.63, 3.8) is 0 Å². The monoisotopic (exact) mass is 179 g/mol. The Hall–Kier alpha value is -1.53. The zero-order valence-electron chi connectivity index (χ0n) is 6.16. The highest BCUT2D eigenvalue weighted by Gasteiger charge is 1.96. The molecule has 1 aromatic rings. The Labute approximate surface area is 75.1 Å². The lowest BCUT2D eigenvalue weighted by Gasteiger charge is -1.97. The van der Waals surface area contributed by atoms with Crippen LogP contribution < -0.4 is 5.73 Å². The Morgan fingerprint density at radius 3 is 3.08 bits per heavy atom. The normalized spacial score (nSPS) is 10.0. The maximum absolute atomic E-state index is 8.26. The number of anilines is 1. The zero-order valence-corrected chi connectivity index (χ0v) is 6.92. The van der Waals surface area contributed by atoms with Gasteiger partial charge in [0, 0.05) is 17.8 Å². The first kappa shape index (κ1) is 8.57. The Morgan fingerprint density at radius 1 is 1.67 bits per heavy atom. The van der Waals surface area contributed by atoms with Crippen molar-refractivity contribution in [2.45, 2.75) is 0 Å². The van der Waals surface area contributed by atoms with Crippen LogP contribution in [0.3, 0.4) is 0 Å². The van der Waals surface area contributed by atoms with Gasteiger partial charge in [0.05, 0.1) is 11.1 Å². The predicted octanol–water partition coefficient (Wildman–Crippen LogP) is 1.85.